The molecule has 1 unspecified atom stereocenters. The molecule has 1 atom stereocenters. The summed E-state index contributed by atoms with van der Waals surface area (Å²) in [5.74, 6) is 1.13. The monoisotopic (exact) mass is 309 g/mol. The molecule has 1 aliphatic rings. The third-order valence-corrected chi connectivity index (χ3v) is 3.91. The van der Waals surface area contributed by atoms with E-state index in [0.717, 1.165) is 36.3 Å². The lowest BCUT2D eigenvalue weighted by atomic mass is 9.86. The van der Waals surface area contributed by atoms with E-state index in [9.17, 15) is 4.79 Å². The lowest BCUT2D eigenvalue weighted by Crippen LogP contribution is -2.34. The molecule has 2 rings (SSSR count). The highest BCUT2D eigenvalue weighted by molar-refractivity contribution is 6.05. The van der Waals surface area contributed by atoms with Gasteiger partial charge < -0.3 is 9.64 Å². The van der Waals surface area contributed by atoms with Crippen LogP contribution in [-0.4, -0.2) is 38.4 Å². The van der Waals surface area contributed by atoms with E-state index in [1.807, 2.05) is 44.4 Å². The highest BCUT2D eigenvalue weighted by Crippen LogP contribution is 2.39. The first kappa shape index (κ1) is 17.7. The molecule has 4 heteroatoms. The summed E-state index contributed by atoms with van der Waals surface area (Å²) in [5, 5.41) is 0. The average Bonchev–Trinajstić information content (AvgIpc) is 2.67. The van der Waals surface area contributed by atoms with Crippen molar-refractivity contribution in [2.45, 2.75) is 19.8 Å². The zero-order valence-electron chi connectivity index (χ0n) is 13.2. The third kappa shape index (κ3) is 4.08. The van der Waals surface area contributed by atoms with Crippen LogP contribution in [-0.2, 0) is 4.79 Å². The van der Waals surface area contributed by atoms with E-state index in [4.69, 9.17) is 4.74 Å². The Morgan fingerprint density at radius 3 is 2.43 bits per heavy atom. The summed E-state index contributed by atoms with van der Waals surface area (Å²) >= 11 is 0. The van der Waals surface area contributed by atoms with E-state index in [2.05, 4.69) is 11.8 Å². The first-order valence-corrected chi connectivity index (χ1v) is 6.99. The predicted molar refractivity (Wildman–Crippen MR) is 89.1 cm³/mol. The van der Waals surface area contributed by atoms with Gasteiger partial charge in [0.2, 0.25) is 0 Å². The number of allylic oxidation sites excluding steroid dienone is 1. The van der Waals surface area contributed by atoms with Gasteiger partial charge in [-0.3, -0.25) is 4.79 Å². The van der Waals surface area contributed by atoms with Crippen LogP contribution in [0.15, 0.2) is 29.8 Å². The number of carbonyl (C=O) groups excluding carboxylic acids is 1. The molecule has 0 aliphatic heterocycles. The molecule has 116 valence electrons. The minimum Gasteiger partial charge on any atom is -0.497 e. The summed E-state index contributed by atoms with van der Waals surface area (Å²) in [4.78, 5) is 14.7. The number of ether oxygens (including phenoxy) is 1. The van der Waals surface area contributed by atoms with Crippen molar-refractivity contribution in [2.75, 3.05) is 27.7 Å². The van der Waals surface area contributed by atoms with E-state index < -0.39 is 0 Å². The zero-order valence-corrected chi connectivity index (χ0v) is 14.0. The second kappa shape index (κ2) is 7.10. The lowest BCUT2D eigenvalue weighted by Gasteiger charge is -2.25. The van der Waals surface area contributed by atoms with E-state index in [0.29, 0.717) is 5.78 Å². The molecule has 1 fully saturated rings. The van der Waals surface area contributed by atoms with Crippen molar-refractivity contribution in [3.8, 4) is 5.75 Å². The SMILES string of the molecule is COc1ccc(/C=C2\CCC(C)(CN(C)C)C2=O)cc1.Cl. The summed E-state index contributed by atoms with van der Waals surface area (Å²) < 4.78 is 5.14. The fraction of sp³-hybridized carbons (Fsp3) is 0.471. The summed E-state index contributed by atoms with van der Waals surface area (Å²) in [6.45, 7) is 2.88. The van der Waals surface area contributed by atoms with E-state index >= 15 is 0 Å². The van der Waals surface area contributed by atoms with Gasteiger partial charge in [-0.05, 0) is 56.3 Å². The van der Waals surface area contributed by atoms with Crippen molar-refractivity contribution in [1.29, 1.82) is 0 Å². The van der Waals surface area contributed by atoms with E-state index in [-0.39, 0.29) is 17.8 Å². The van der Waals surface area contributed by atoms with Gasteiger partial charge in [0.05, 0.1) is 7.11 Å². The topological polar surface area (TPSA) is 29.5 Å². The molecule has 1 aliphatic carbocycles. The quantitative estimate of drug-likeness (QED) is 0.798. The van der Waals surface area contributed by atoms with Crippen molar-refractivity contribution in [3.63, 3.8) is 0 Å². The van der Waals surface area contributed by atoms with Crippen molar-refractivity contribution in [1.82, 2.24) is 4.90 Å². The Balaban J connectivity index is 0.00000220. The van der Waals surface area contributed by atoms with Gasteiger partial charge in [0.1, 0.15) is 5.75 Å². The number of Topliss-reactive ketones (excluding diaryl/α,β-unsaturated/α-hetero) is 1. The zero-order chi connectivity index (χ0) is 14.8. The first-order valence-electron chi connectivity index (χ1n) is 6.99. The number of hydrogen-bond acceptors (Lipinski definition) is 3. The Labute approximate surface area is 133 Å². The van der Waals surface area contributed by atoms with E-state index in [1.165, 1.54) is 0 Å². The van der Waals surface area contributed by atoms with Crippen LogP contribution >= 0.6 is 12.4 Å². The lowest BCUT2D eigenvalue weighted by molar-refractivity contribution is -0.122. The second-order valence-corrected chi connectivity index (χ2v) is 6.07. The van der Waals surface area contributed by atoms with Crippen LogP contribution in [0.5, 0.6) is 5.75 Å². The minimum atomic E-state index is -0.234. The highest BCUT2D eigenvalue weighted by Gasteiger charge is 2.40. The molecular weight excluding hydrogens is 286 g/mol. The van der Waals surface area contributed by atoms with Crippen molar-refractivity contribution in [2.24, 2.45) is 5.41 Å². The van der Waals surface area contributed by atoms with Crippen molar-refractivity contribution < 1.29 is 9.53 Å². The standard InChI is InChI=1S/C17H23NO2.ClH/c1-17(12-18(2)3)10-9-14(16(17)19)11-13-5-7-15(20-4)8-6-13;/h5-8,11H,9-10,12H2,1-4H3;1H/b14-11+;. The number of benzene rings is 1. The Morgan fingerprint density at radius 2 is 1.90 bits per heavy atom. The van der Waals surface area contributed by atoms with Gasteiger partial charge in [-0.2, -0.15) is 0 Å². The minimum absolute atomic E-state index is 0. The van der Waals surface area contributed by atoms with Gasteiger partial charge in [-0.25, -0.2) is 0 Å². The number of carbonyl (C=O) groups is 1. The summed E-state index contributed by atoms with van der Waals surface area (Å²) in [6.07, 6.45) is 3.82. The fourth-order valence-corrected chi connectivity index (χ4v) is 2.91. The molecule has 0 aromatic heterocycles. The molecule has 1 saturated carbocycles. The number of nitrogens with zero attached hydrogens (tertiary/aromatic N) is 1. The first-order chi connectivity index (χ1) is 9.44. The Kier molecular flexibility index (Phi) is 5.99. The molecule has 0 N–H and O–H groups in total. The number of rotatable bonds is 4. The molecular formula is C17H24ClNO2. The molecule has 3 nitrogen and oxygen atoms in total. The van der Waals surface area contributed by atoms with Gasteiger partial charge >= 0.3 is 0 Å². The van der Waals surface area contributed by atoms with Gasteiger partial charge in [-0.15, -0.1) is 12.4 Å². The molecule has 1 aromatic rings. The van der Waals surface area contributed by atoms with Crippen LogP contribution in [0, 0.1) is 5.41 Å². The molecule has 0 bridgehead atoms. The molecule has 0 spiro atoms. The van der Waals surface area contributed by atoms with Crippen LogP contribution < -0.4 is 4.74 Å². The normalized spacial score (nSPS) is 23.5. The van der Waals surface area contributed by atoms with Crippen LogP contribution in [0.4, 0.5) is 0 Å². The molecule has 1 aromatic carbocycles. The predicted octanol–water partition coefficient (Wildman–Crippen LogP) is 3.43. The highest BCUT2D eigenvalue weighted by atomic mass is 35.5. The largest absolute Gasteiger partial charge is 0.497 e. The van der Waals surface area contributed by atoms with Gasteiger partial charge in [0, 0.05) is 12.0 Å². The van der Waals surface area contributed by atoms with E-state index in [1.54, 1.807) is 7.11 Å². The van der Waals surface area contributed by atoms with Gasteiger partial charge in [0.25, 0.3) is 0 Å². The smallest absolute Gasteiger partial charge is 0.166 e. The number of methoxy groups -OCH3 is 1. The maximum absolute atomic E-state index is 12.6. The maximum Gasteiger partial charge on any atom is 0.166 e. The Bertz CT molecular complexity index is 522. The molecule has 0 heterocycles. The van der Waals surface area contributed by atoms with Crippen LogP contribution in [0.3, 0.4) is 0 Å². The maximum atomic E-state index is 12.6. The van der Waals surface area contributed by atoms with Crippen LogP contribution in [0.2, 0.25) is 0 Å². The van der Waals surface area contributed by atoms with Crippen LogP contribution in [0.1, 0.15) is 25.3 Å². The van der Waals surface area contributed by atoms with Gasteiger partial charge in [-0.1, -0.05) is 19.1 Å². The van der Waals surface area contributed by atoms with Gasteiger partial charge in [0.15, 0.2) is 5.78 Å². The third-order valence-electron chi connectivity index (χ3n) is 3.91. The number of halogens is 1. The molecule has 0 saturated heterocycles. The molecule has 21 heavy (non-hydrogen) atoms. The Hall–Kier alpha value is -1.32. The second-order valence-electron chi connectivity index (χ2n) is 6.07. The average molecular weight is 310 g/mol. The number of hydrogen-bond donors (Lipinski definition) is 0. The molecule has 0 radical (unpaired) electrons. The summed E-state index contributed by atoms with van der Waals surface area (Å²) in [6, 6.07) is 7.82. The summed E-state index contributed by atoms with van der Waals surface area (Å²) in [5.41, 5.74) is 1.77. The fourth-order valence-electron chi connectivity index (χ4n) is 2.91. The number of ketones is 1. The summed E-state index contributed by atoms with van der Waals surface area (Å²) in [7, 11) is 5.69. The van der Waals surface area contributed by atoms with Crippen molar-refractivity contribution in [3.05, 3.63) is 35.4 Å². The van der Waals surface area contributed by atoms with Crippen LogP contribution in [0.25, 0.3) is 6.08 Å². The Morgan fingerprint density at radius 1 is 1.29 bits per heavy atom. The van der Waals surface area contributed by atoms with Crippen molar-refractivity contribution >= 4 is 24.3 Å². The molecule has 0 amide bonds.